The molecule has 0 aromatic rings. The van der Waals surface area contributed by atoms with E-state index in [1.54, 1.807) is 0 Å². The van der Waals surface area contributed by atoms with E-state index < -0.39 is 23.5 Å². The third-order valence-electron chi connectivity index (χ3n) is 0. The molecule has 0 aliphatic heterocycles. The van der Waals surface area contributed by atoms with Crippen molar-refractivity contribution in [2.45, 2.75) is 0 Å². The zero-order chi connectivity index (χ0) is 13.5. The van der Waals surface area contributed by atoms with Crippen molar-refractivity contribution in [2.24, 2.45) is 0 Å². The topological polar surface area (TPSA) is 250 Å². The third kappa shape index (κ3) is 2850. The van der Waals surface area contributed by atoms with Gasteiger partial charge < -0.3 is 57.7 Å². The Morgan fingerprint density at radius 2 is 0.562 bits per heavy atom. The molecule has 0 heterocycles. The Hall–Kier alpha value is 1.02. The predicted molar refractivity (Wildman–Crippen MR) is 29.5 cm³/mol. The molecule has 16 heteroatoms. The summed E-state index contributed by atoms with van der Waals surface area (Å²) < 4.78 is 26.0. The largest absolute Gasteiger partial charge is 0.790 e. The Morgan fingerprint density at radius 1 is 0.562 bits per heavy atom. The van der Waals surface area contributed by atoms with E-state index >= 15 is 0 Å². The summed E-state index contributed by atoms with van der Waals surface area (Å²) >= 11 is 0. The normalized spacial score (nSPS) is 11.1. The van der Waals surface area contributed by atoms with E-state index in [0.717, 1.165) is 0 Å². The van der Waals surface area contributed by atoms with E-state index in [1.807, 2.05) is 0 Å². The van der Waals surface area contributed by atoms with Crippen LogP contribution in [-0.2, 0) is 34.8 Å². The summed E-state index contributed by atoms with van der Waals surface area (Å²) in [5.41, 5.74) is 0. The van der Waals surface area contributed by atoms with Crippen molar-refractivity contribution in [3.05, 3.63) is 0 Å². The first-order valence-electron chi connectivity index (χ1n) is 2.24. The average molecular weight is 384 g/mol. The summed E-state index contributed by atoms with van der Waals surface area (Å²) in [7, 11) is -15.4. The Morgan fingerprint density at radius 3 is 0.562 bits per heavy atom. The van der Waals surface area contributed by atoms with E-state index in [-0.39, 0.29) is 21.1 Å². The molecule has 0 aromatic carbocycles. The second-order valence-corrected chi connectivity index (χ2v) is 4.22. The van der Waals surface area contributed by atoms with Crippen molar-refractivity contribution in [3.8, 4) is 0 Å². The molecule has 0 aliphatic carbocycles. The molecule has 0 rings (SSSR count). The van der Waals surface area contributed by atoms with E-state index in [2.05, 4.69) is 0 Å². The molecule has 16 heavy (non-hydrogen) atoms. The van der Waals surface area contributed by atoms with E-state index in [1.165, 1.54) is 0 Å². The minimum atomic E-state index is -5.14. The van der Waals surface area contributed by atoms with Gasteiger partial charge in [0.2, 0.25) is 0 Å². The molecule has 0 radical (unpaired) electrons. The van der Waals surface area contributed by atoms with Gasteiger partial charge in [0, 0.05) is 21.1 Å². The van der Waals surface area contributed by atoms with Gasteiger partial charge in [-0.05, 0) is 0 Å². The second-order valence-electron chi connectivity index (χ2n) is 1.41. The fraction of sp³-hybridized carbons (Fsp3) is 0. The molecule has 0 unspecified atom stereocenters. The van der Waals surface area contributed by atoms with Crippen molar-refractivity contribution in [2.75, 3.05) is 0 Å². The summed E-state index contributed by atoms with van der Waals surface area (Å²) in [5, 5.41) is 0. The van der Waals surface area contributed by atoms with Crippen LogP contribution >= 0.6 is 23.5 Å². The van der Waals surface area contributed by atoms with Crippen LogP contribution in [0.5, 0.6) is 0 Å². The van der Waals surface area contributed by atoms with Gasteiger partial charge >= 0.3 is 0 Å². The first-order valence-corrected chi connectivity index (χ1v) is 6.73. The minimum Gasteiger partial charge on any atom is -0.790 e. The molecule has 0 bridgehead atoms. The summed E-state index contributed by atoms with van der Waals surface area (Å²) in [6, 6.07) is 0. The van der Waals surface area contributed by atoms with Crippen molar-refractivity contribution in [3.63, 3.8) is 0 Å². The molecule has 0 saturated carbocycles. The van der Waals surface area contributed by atoms with Crippen LogP contribution in [0.4, 0.5) is 0 Å². The zero-order valence-electron chi connectivity index (χ0n) is 6.77. The molecule has 0 spiro atoms. The van der Waals surface area contributed by atoms with Crippen molar-refractivity contribution < 1.29 is 78.8 Å². The van der Waals surface area contributed by atoms with Crippen LogP contribution in [0.1, 0.15) is 0 Å². The summed E-state index contributed by atoms with van der Waals surface area (Å²) in [6.45, 7) is 0. The maximum atomic E-state index is 8.66. The molecule has 0 saturated heterocycles. The smallest absolute Gasteiger partial charge is 0.0557 e. The molecular formula is H3MoO12P3-6. The van der Waals surface area contributed by atoms with Crippen LogP contribution in [0.3, 0.4) is 0 Å². The van der Waals surface area contributed by atoms with Crippen LogP contribution < -0.4 is 29.4 Å². The molecule has 3 N–H and O–H groups in total. The SMILES string of the molecule is O=P([O-])([O-])O.O=P([O-])([O-])O.O=P([O-])([O-])O.[Mo]. The van der Waals surface area contributed by atoms with Gasteiger partial charge in [0.15, 0.2) is 0 Å². The standard InChI is InChI=1S/Mo.3H3O4P/c;3*1-5(2,3)4/h;3*(H3,1,2,3,4)/p-6. The van der Waals surface area contributed by atoms with Crippen LogP contribution in [0.15, 0.2) is 0 Å². The summed E-state index contributed by atoms with van der Waals surface area (Å²) in [6.07, 6.45) is 0. The van der Waals surface area contributed by atoms with Gasteiger partial charge in [-0.3, -0.25) is 0 Å². The Balaban J connectivity index is -0.0000000655. The summed E-state index contributed by atoms with van der Waals surface area (Å²) in [4.78, 5) is 72.9. The van der Waals surface area contributed by atoms with Crippen LogP contribution in [-0.4, -0.2) is 14.7 Å². The quantitative estimate of drug-likeness (QED) is 0.260. The van der Waals surface area contributed by atoms with E-state index in [4.69, 9.17) is 57.7 Å². The van der Waals surface area contributed by atoms with E-state index in [0.29, 0.717) is 0 Å². The fourth-order valence-corrected chi connectivity index (χ4v) is 0. The first-order chi connectivity index (χ1) is 6.00. The number of rotatable bonds is 0. The number of hydrogen-bond donors (Lipinski definition) is 3. The fourth-order valence-electron chi connectivity index (χ4n) is 0. The maximum absolute atomic E-state index is 8.66. The Kier molecular flexibility index (Phi) is 16.1. The van der Waals surface area contributed by atoms with Gasteiger partial charge in [-0.1, -0.05) is 0 Å². The van der Waals surface area contributed by atoms with Gasteiger partial charge in [-0.25, -0.2) is 0 Å². The van der Waals surface area contributed by atoms with Crippen LogP contribution in [0, 0.1) is 0 Å². The Labute approximate surface area is 103 Å². The van der Waals surface area contributed by atoms with Crippen molar-refractivity contribution >= 4 is 23.5 Å². The Bertz CT molecular complexity index is 202. The van der Waals surface area contributed by atoms with Gasteiger partial charge in [-0.15, -0.1) is 0 Å². The van der Waals surface area contributed by atoms with Gasteiger partial charge in [0.05, 0.1) is 23.5 Å². The number of hydrogen-bond acceptors (Lipinski definition) is 9. The molecule has 0 amide bonds. The van der Waals surface area contributed by atoms with Crippen molar-refractivity contribution in [1.82, 2.24) is 0 Å². The zero-order valence-corrected chi connectivity index (χ0v) is 11.5. The van der Waals surface area contributed by atoms with Crippen LogP contribution in [0.2, 0.25) is 0 Å². The summed E-state index contributed by atoms with van der Waals surface area (Å²) in [5.74, 6) is 0. The molecular weight excluding hydrogens is 381 g/mol. The van der Waals surface area contributed by atoms with Gasteiger partial charge in [0.25, 0.3) is 0 Å². The molecule has 0 aliphatic rings. The first kappa shape index (κ1) is 25.8. The molecule has 12 nitrogen and oxygen atoms in total. The monoisotopic (exact) mass is 386 g/mol. The van der Waals surface area contributed by atoms with Gasteiger partial charge in [-0.2, -0.15) is 0 Å². The maximum Gasteiger partial charge on any atom is 0.0557 e. The predicted octanol–water partition coefficient (Wildman–Crippen LogP) is -6.58. The molecule has 0 fully saturated rings. The molecule has 0 atom stereocenters. The van der Waals surface area contributed by atoms with Crippen molar-refractivity contribution in [1.29, 1.82) is 0 Å². The minimum absolute atomic E-state index is 0. The second kappa shape index (κ2) is 9.99. The average Bonchev–Trinajstić information content (AvgIpc) is 1.41. The number of phosphoric acid groups is 3. The van der Waals surface area contributed by atoms with E-state index in [9.17, 15) is 0 Å². The third-order valence-corrected chi connectivity index (χ3v) is 0. The van der Waals surface area contributed by atoms with Gasteiger partial charge in [0.1, 0.15) is 0 Å². The van der Waals surface area contributed by atoms with Crippen LogP contribution in [0.25, 0.3) is 0 Å². The molecule has 0 aromatic heterocycles. The molecule has 102 valence electrons.